The van der Waals surface area contributed by atoms with Crippen LogP contribution >= 0.6 is 11.8 Å². The van der Waals surface area contributed by atoms with Gasteiger partial charge >= 0.3 is 12.0 Å². The van der Waals surface area contributed by atoms with Gasteiger partial charge in [-0.15, -0.1) is 0 Å². The van der Waals surface area contributed by atoms with E-state index < -0.39 is 11.4 Å². The van der Waals surface area contributed by atoms with E-state index in [1.165, 1.54) is 0 Å². The van der Waals surface area contributed by atoms with Crippen molar-refractivity contribution in [2.24, 2.45) is 5.41 Å². The average Bonchev–Trinajstić information content (AvgIpc) is 2.82. The molecule has 1 unspecified atom stereocenters. The number of hydrogen-bond acceptors (Lipinski definition) is 3. The zero-order valence-electron chi connectivity index (χ0n) is 12.9. The third-order valence-corrected chi connectivity index (χ3v) is 5.29. The quantitative estimate of drug-likeness (QED) is 0.790. The lowest BCUT2D eigenvalue weighted by molar-refractivity contribution is -0.148. The molecule has 0 aliphatic carbocycles. The number of carbonyl (C=O) groups excluding carboxylic acids is 1. The predicted molar refractivity (Wildman–Crippen MR) is 82.2 cm³/mol. The van der Waals surface area contributed by atoms with Gasteiger partial charge in [0.15, 0.2) is 0 Å². The van der Waals surface area contributed by atoms with E-state index in [1.807, 2.05) is 13.2 Å². The van der Waals surface area contributed by atoms with Crippen LogP contribution in [0.1, 0.15) is 40.0 Å². The first-order valence-electron chi connectivity index (χ1n) is 7.08. The number of carboxylic acid groups (broad SMARTS) is 1. The molecule has 2 amide bonds. The fraction of sp³-hybridized carbons (Fsp3) is 0.857. The number of nitrogens with one attached hydrogen (secondary N) is 1. The van der Waals surface area contributed by atoms with Crippen LogP contribution in [-0.4, -0.2) is 52.6 Å². The van der Waals surface area contributed by atoms with Gasteiger partial charge in [0.25, 0.3) is 0 Å². The first-order valence-corrected chi connectivity index (χ1v) is 8.30. The van der Waals surface area contributed by atoms with E-state index in [2.05, 4.69) is 19.2 Å². The van der Waals surface area contributed by atoms with Crippen molar-refractivity contribution < 1.29 is 14.7 Å². The van der Waals surface area contributed by atoms with Crippen molar-refractivity contribution in [2.75, 3.05) is 25.9 Å². The van der Waals surface area contributed by atoms with Gasteiger partial charge < -0.3 is 15.3 Å². The molecule has 0 spiro atoms. The summed E-state index contributed by atoms with van der Waals surface area (Å²) in [5.74, 6) is -0.779. The molecule has 0 aromatic carbocycles. The molecule has 0 bridgehead atoms. The summed E-state index contributed by atoms with van der Waals surface area (Å²) in [5, 5.41) is 12.3. The number of aliphatic carboxylic acids is 1. The lowest BCUT2D eigenvalue weighted by Gasteiger charge is -2.26. The number of thioether (sulfide) groups is 1. The minimum absolute atomic E-state index is 0.0112. The SMILES string of the molecule is CCCC1(C(=O)O)CCN(C(=O)NCC(C)(C)SC)C1. The Hall–Kier alpha value is -0.910. The molecule has 1 heterocycles. The van der Waals surface area contributed by atoms with Crippen LogP contribution in [0.4, 0.5) is 4.79 Å². The van der Waals surface area contributed by atoms with Crippen LogP contribution in [0.15, 0.2) is 0 Å². The Bertz CT molecular complexity index is 373. The molecule has 1 atom stereocenters. The van der Waals surface area contributed by atoms with E-state index in [0.29, 0.717) is 32.5 Å². The number of urea groups is 1. The molecule has 20 heavy (non-hydrogen) atoms. The lowest BCUT2D eigenvalue weighted by atomic mass is 9.83. The van der Waals surface area contributed by atoms with Gasteiger partial charge in [-0.2, -0.15) is 11.8 Å². The second-order valence-electron chi connectivity index (χ2n) is 6.13. The summed E-state index contributed by atoms with van der Waals surface area (Å²) in [6.07, 6.45) is 4.01. The molecule has 0 aromatic rings. The molecule has 0 aromatic heterocycles. The van der Waals surface area contributed by atoms with Crippen LogP contribution < -0.4 is 5.32 Å². The van der Waals surface area contributed by atoms with E-state index in [-0.39, 0.29) is 10.8 Å². The highest BCUT2D eigenvalue weighted by Crippen LogP contribution is 2.35. The Balaban J connectivity index is 2.58. The number of likely N-dealkylation sites (tertiary alicyclic amines) is 1. The lowest BCUT2D eigenvalue weighted by Crippen LogP contribution is -2.45. The normalized spacial score (nSPS) is 22.9. The average molecular weight is 302 g/mol. The summed E-state index contributed by atoms with van der Waals surface area (Å²) < 4.78 is -0.0112. The summed E-state index contributed by atoms with van der Waals surface area (Å²) in [5.41, 5.74) is -0.749. The van der Waals surface area contributed by atoms with Gasteiger partial charge in [-0.3, -0.25) is 4.79 Å². The Morgan fingerprint density at radius 1 is 1.45 bits per heavy atom. The van der Waals surface area contributed by atoms with E-state index in [0.717, 1.165) is 6.42 Å². The third kappa shape index (κ3) is 4.04. The maximum absolute atomic E-state index is 12.1. The second kappa shape index (κ2) is 6.70. The highest BCUT2D eigenvalue weighted by molar-refractivity contribution is 7.99. The molecule has 6 heteroatoms. The van der Waals surface area contributed by atoms with Gasteiger partial charge in [-0.1, -0.05) is 13.3 Å². The molecular formula is C14H26N2O3S. The van der Waals surface area contributed by atoms with Gasteiger partial charge in [-0.05, 0) is 32.9 Å². The first kappa shape index (κ1) is 17.1. The fourth-order valence-corrected chi connectivity index (χ4v) is 2.70. The van der Waals surface area contributed by atoms with Gasteiger partial charge in [0, 0.05) is 24.4 Å². The number of nitrogens with zero attached hydrogens (tertiary/aromatic N) is 1. The molecule has 1 fully saturated rings. The summed E-state index contributed by atoms with van der Waals surface area (Å²) in [7, 11) is 0. The molecular weight excluding hydrogens is 276 g/mol. The van der Waals surface area contributed by atoms with Gasteiger partial charge in [0.05, 0.1) is 5.41 Å². The van der Waals surface area contributed by atoms with Crippen LogP contribution in [0.2, 0.25) is 0 Å². The van der Waals surface area contributed by atoms with Gasteiger partial charge in [0.1, 0.15) is 0 Å². The second-order valence-corrected chi connectivity index (χ2v) is 7.64. The Kier molecular flexibility index (Phi) is 5.74. The molecule has 0 saturated carbocycles. The summed E-state index contributed by atoms with van der Waals surface area (Å²) in [6, 6.07) is -0.147. The van der Waals surface area contributed by atoms with Crippen molar-refractivity contribution in [3.63, 3.8) is 0 Å². The van der Waals surface area contributed by atoms with Crippen molar-refractivity contribution in [2.45, 2.75) is 44.8 Å². The Morgan fingerprint density at radius 3 is 2.60 bits per heavy atom. The molecule has 5 nitrogen and oxygen atoms in total. The van der Waals surface area contributed by atoms with Crippen LogP contribution in [0.3, 0.4) is 0 Å². The summed E-state index contributed by atoms with van der Waals surface area (Å²) >= 11 is 1.70. The summed E-state index contributed by atoms with van der Waals surface area (Å²) in [4.78, 5) is 25.3. The standard InChI is InChI=1S/C14H26N2O3S/c1-5-6-14(11(17)18)7-8-16(10-14)12(19)15-9-13(2,3)20-4/h5-10H2,1-4H3,(H,15,19)(H,17,18). The smallest absolute Gasteiger partial charge is 0.317 e. The van der Waals surface area contributed by atoms with E-state index in [9.17, 15) is 14.7 Å². The first-order chi connectivity index (χ1) is 9.26. The Morgan fingerprint density at radius 2 is 2.10 bits per heavy atom. The van der Waals surface area contributed by atoms with Crippen molar-refractivity contribution in [1.29, 1.82) is 0 Å². The minimum atomic E-state index is -0.779. The van der Waals surface area contributed by atoms with Crippen LogP contribution in [0.5, 0.6) is 0 Å². The number of hydrogen-bond donors (Lipinski definition) is 2. The largest absolute Gasteiger partial charge is 0.481 e. The monoisotopic (exact) mass is 302 g/mol. The van der Waals surface area contributed by atoms with Gasteiger partial charge in [0.2, 0.25) is 0 Å². The van der Waals surface area contributed by atoms with Crippen molar-refractivity contribution in [3.8, 4) is 0 Å². The Labute approximate surface area is 125 Å². The molecule has 1 rings (SSSR count). The molecule has 1 saturated heterocycles. The molecule has 2 N–H and O–H groups in total. The maximum Gasteiger partial charge on any atom is 0.317 e. The van der Waals surface area contributed by atoms with Crippen molar-refractivity contribution in [3.05, 3.63) is 0 Å². The van der Waals surface area contributed by atoms with E-state index >= 15 is 0 Å². The van der Waals surface area contributed by atoms with Crippen molar-refractivity contribution >= 4 is 23.8 Å². The molecule has 1 aliphatic heterocycles. The van der Waals surface area contributed by atoms with E-state index in [1.54, 1.807) is 16.7 Å². The van der Waals surface area contributed by atoms with Crippen molar-refractivity contribution in [1.82, 2.24) is 10.2 Å². The summed E-state index contributed by atoms with van der Waals surface area (Å²) in [6.45, 7) is 7.55. The highest BCUT2D eigenvalue weighted by atomic mass is 32.2. The number of rotatable bonds is 6. The minimum Gasteiger partial charge on any atom is -0.481 e. The topological polar surface area (TPSA) is 69.6 Å². The number of carbonyl (C=O) groups is 2. The zero-order chi connectivity index (χ0) is 15.4. The number of amides is 2. The highest BCUT2D eigenvalue weighted by Gasteiger charge is 2.45. The van der Waals surface area contributed by atoms with Crippen LogP contribution in [0.25, 0.3) is 0 Å². The fourth-order valence-electron chi connectivity index (χ4n) is 2.48. The third-order valence-electron chi connectivity index (χ3n) is 4.04. The predicted octanol–water partition coefficient (Wildman–Crippen LogP) is 2.41. The molecule has 0 radical (unpaired) electrons. The van der Waals surface area contributed by atoms with Crippen LogP contribution in [-0.2, 0) is 4.79 Å². The van der Waals surface area contributed by atoms with Crippen LogP contribution in [0, 0.1) is 5.41 Å². The maximum atomic E-state index is 12.1. The molecule has 116 valence electrons. The molecule has 1 aliphatic rings. The van der Waals surface area contributed by atoms with E-state index in [4.69, 9.17) is 0 Å². The van der Waals surface area contributed by atoms with Gasteiger partial charge in [-0.25, -0.2) is 4.79 Å². The zero-order valence-corrected chi connectivity index (χ0v) is 13.7. The number of carboxylic acids is 1.